The molecule has 1 saturated carbocycles. The van der Waals surface area contributed by atoms with Gasteiger partial charge in [0.05, 0.1) is 6.54 Å². The number of nitrogens with one attached hydrogen (secondary N) is 2. The fraction of sp³-hybridized carbons (Fsp3) is 0.938. The van der Waals surface area contributed by atoms with Gasteiger partial charge in [-0.15, -0.1) is 0 Å². The minimum atomic E-state index is 0.175. The first kappa shape index (κ1) is 15.3. The van der Waals surface area contributed by atoms with E-state index in [0.717, 1.165) is 65.0 Å². The van der Waals surface area contributed by atoms with Crippen LogP contribution < -0.4 is 10.6 Å². The summed E-state index contributed by atoms with van der Waals surface area (Å²) in [6.07, 6.45) is 8.10. The van der Waals surface area contributed by atoms with Crippen LogP contribution in [0.3, 0.4) is 0 Å². The summed E-state index contributed by atoms with van der Waals surface area (Å²) in [6.45, 7) is 5.23. The van der Waals surface area contributed by atoms with Gasteiger partial charge in [0.15, 0.2) is 0 Å². The Balaban J connectivity index is 1.60. The Hall–Kier alpha value is -0.650. The van der Waals surface area contributed by atoms with Crippen LogP contribution in [0.5, 0.6) is 0 Å². The zero-order valence-corrected chi connectivity index (χ0v) is 13.0. The second kappa shape index (κ2) is 7.07. The molecule has 5 nitrogen and oxygen atoms in total. The minimum absolute atomic E-state index is 0.175. The fourth-order valence-electron chi connectivity index (χ4n) is 4.14. The van der Waals surface area contributed by atoms with E-state index in [9.17, 15) is 4.79 Å². The third-order valence-electron chi connectivity index (χ3n) is 5.47. The van der Waals surface area contributed by atoms with Gasteiger partial charge >= 0.3 is 0 Å². The highest BCUT2D eigenvalue weighted by Gasteiger charge is 2.39. The summed E-state index contributed by atoms with van der Waals surface area (Å²) in [5, 5.41) is 6.72. The van der Waals surface area contributed by atoms with Crippen molar-refractivity contribution >= 4 is 5.91 Å². The number of carbonyl (C=O) groups excluding carboxylic acids is 1. The molecule has 0 bridgehead atoms. The molecule has 21 heavy (non-hydrogen) atoms. The average Bonchev–Trinajstić information content (AvgIpc) is 2.92. The summed E-state index contributed by atoms with van der Waals surface area (Å²) in [7, 11) is 0. The Morgan fingerprint density at radius 3 is 2.71 bits per heavy atom. The van der Waals surface area contributed by atoms with Gasteiger partial charge in [-0.2, -0.15) is 0 Å². The first-order chi connectivity index (χ1) is 10.3. The predicted molar refractivity (Wildman–Crippen MR) is 82.2 cm³/mol. The molecular formula is C16H29N3O2. The van der Waals surface area contributed by atoms with Gasteiger partial charge < -0.3 is 15.4 Å². The third kappa shape index (κ3) is 3.76. The van der Waals surface area contributed by atoms with E-state index in [1.165, 1.54) is 12.8 Å². The molecule has 0 aromatic rings. The fourth-order valence-corrected chi connectivity index (χ4v) is 4.14. The average molecular weight is 295 g/mol. The SMILES string of the molecule is O=C(CN1CCNCCC12CCOCC2)NC1CCCC1. The Morgan fingerprint density at radius 1 is 1.19 bits per heavy atom. The lowest BCUT2D eigenvalue weighted by molar-refractivity contribution is -0.126. The maximum absolute atomic E-state index is 12.4. The van der Waals surface area contributed by atoms with E-state index in [1.54, 1.807) is 0 Å². The first-order valence-corrected chi connectivity index (χ1v) is 8.61. The van der Waals surface area contributed by atoms with E-state index < -0.39 is 0 Å². The normalized spacial score (nSPS) is 27.6. The molecule has 0 aromatic heterocycles. The summed E-state index contributed by atoms with van der Waals surface area (Å²) in [5.41, 5.74) is 0.175. The van der Waals surface area contributed by atoms with E-state index in [2.05, 4.69) is 15.5 Å². The molecule has 2 heterocycles. The first-order valence-electron chi connectivity index (χ1n) is 8.61. The maximum Gasteiger partial charge on any atom is 0.234 e. The molecule has 1 amide bonds. The van der Waals surface area contributed by atoms with E-state index >= 15 is 0 Å². The molecule has 1 aliphatic carbocycles. The molecule has 3 rings (SSSR count). The van der Waals surface area contributed by atoms with Crippen LogP contribution in [0.15, 0.2) is 0 Å². The van der Waals surface area contributed by atoms with Crippen molar-refractivity contribution in [3.05, 3.63) is 0 Å². The molecule has 1 spiro atoms. The number of hydrogen-bond donors (Lipinski definition) is 2. The highest BCUT2D eigenvalue weighted by atomic mass is 16.5. The van der Waals surface area contributed by atoms with E-state index in [-0.39, 0.29) is 11.4 Å². The standard InChI is InChI=1S/C16H29N3O2/c20-15(18-14-3-1-2-4-14)13-19-10-9-17-8-5-16(19)6-11-21-12-7-16/h14,17H,1-13H2,(H,18,20). The Bertz CT molecular complexity index is 349. The maximum atomic E-state index is 12.4. The molecule has 120 valence electrons. The molecule has 0 atom stereocenters. The largest absolute Gasteiger partial charge is 0.381 e. The molecule has 2 saturated heterocycles. The number of ether oxygens (including phenoxy) is 1. The minimum Gasteiger partial charge on any atom is -0.381 e. The lowest BCUT2D eigenvalue weighted by Gasteiger charge is -2.45. The van der Waals surface area contributed by atoms with Gasteiger partial charge in [-0.3, -0.25) is 9.69 Å². The number of rotatable bonds is 3. The van der Waals surface area contributed by atoms with Gasteiger partial charge in [0.25, 0.3) is 0 Å². The van der Waals surface area contributed by atoms with Crippen molar-refractivity contribution in [1.29, 1.82) is 0 Å². The summed E-state index contributed by atoms with van der Waals surface area (Å²) in [6, 6.07) is 0.424. The van der Waals surface area contributed by atoms with Crippen molar-refractivity contribution < 1.29 is 9.53 Å². The topological polar surface area (TPSA) is 53.6 Å². The summed E-state index contributed by atoms with van der Waals surface area (Å²) in [5.74, 6) is 0.217. The third-order valence-corrected chi connectivity index (χ3v) is 5.47. The zero-order valence-electron chi connectivity index (χ0n) is 13.0. The molecule has 2 aliphatic heterocycles. The van der Waals surface area contributed by atoms with Crippen LogP contribution in [0.1, 0.15) is 44.9 Å². The second-order valence-corrected chi connectivity index (χ2v) is 6.81. The molecule has 0 unspecified atom stereocenters. The van der Waals surface area contributed by atoms with Crippen molar-refractivity contribution in [1.82, 2.24) is 15.5 Å². The van der Waals surface area contributed by atoms with Crippen LogP contribution >= 0.6 is 0 Å². The van der Waals surface area contributed by atoms with Gasteiger partial charge in [-0.25, -0.2) is 0 Å². The van der Waals surface area contributed by atoms with Gasteiger partial charge in [0, 0.05) is 37.9 Å². The van der Waals surface area contributed by atoms with E-state index in [0.29, 0.717) is 12.6 Å². The van der Waals surface area contributed by atoms with Gasteiger partial charge in [-0.05, 0) is 38.6 Å². The number of amides is 1. The second-order valence-electron chi connectivity index (χ2n) is 6.81. The molecule has 3 fully saturated rings. The van der Waals surface area contributed by atoms with Crippen molar-refractivity contribution in [2.45, 2.75) is 56.5 Å². The monoisotopic (exact) mass is 295 g/mol. The molecular weight excluding hydrogens is 266 g/mol. The Morgan fingerprint density at radius 2 is 1.95 bits per heavy atom. The summed E-state index contributed by atoms with van der Waals surface area (Å²) >= 11 is 0. The lowest BCUT2D eigenvalue weighted by Crippen LogP contribution is -2.55. The molecule has 5 heteroatoms. The highest BCUT2D eigenvalue weighted by Crippen LogP contribution is 2.32. The smallest absolute Gasteiger partial charge is 0.234 e. The van der Waals surface area contributed by atoms with Crippen LogP contribution in [0.25, 0.3) is 0 Å². The predicted octanol–water partition coefficient (Wildman–Crippen LogP) is 0.890. The lowest BCUT2D eigenvalue weighted by atomic mass is 9.85. The van der Waals surface area contributed by atoms with Crippen LogP contribution in [0.2, 0.25) is 0 Å². The van der Waals surface area contributed by atoms with Crippen molar-refractivity contribution in [3.63, 3.8) is 0 Å². The van der Waals surface area contributed by atoms with E-state index in [1.807, 2.05) is 0 Å². The molecule has 0 radical (unpaired) electrons. The number of hydrogen-bond acceptors (Lipinski definition) is 4. The Labute approximate surface area is 127 Å². The van der Waals surface area contributed by atoms with Crippen LogP contribution in [-0.4, -0.2) is 61.8 Å². The zero-order chi connectivity index (χ0) is 14.5. The van der Waals surface area contributed by atoms with Crippen LogP contribution in [0, 0.1) is 0 Å². The van der Waals surface area contributed by atoms with Crippen molar-refractivity contribution in [2.24, 2.45) is 0 Å². The molecule has 2 N–H and O–H groups in total. The number of nitrogens with zero attached hydrogens (tertiary/aromatic N) is 1. The Kier molecular flexibility index (Phi) is 5.14. The van der Waals surface area contributed by atoms with Crippen LogP contribution in [-0.2, 0) is 9.53 Å². The van der Waals surface area contributed by atoms with Crippen molar-refractivity contribution in [3.8, 4) is 0 Å². The van der Waals surface area contributed by atoms with Crippen molar-refractivity contribution in [2.75, 3.05) is 39.4 Å². The molecule has 3 aliphatic rings. The quantitative estimate of drug-likeness (QED) is 0.812. The van der Waals surface area contributed by atoms with E-state index in [4.69, 9.17) is 4.74 Å². The van der Waals surface area contributed by atoms with Gasteiger partial charge in [0.1, 0.15) is 0 Å². The summed E-state index contributed by atoms with van der Waals surface area (Å²) in [4.78, 5) is 14.8. The summed E-state index contributed by atoms with van der Waals surface area (Å²) < 4.78 is 5.55. The van der Waals surface area contributed by atoms with Gasteiger partial charge in [0.2, 0.25) is 5.91 Å². The number of carbonyl (C=O) groups is 1. The molecule has 0 aromatic carbocycles. The van der Waals surface area contributed by atoms with Crippen LogP contribution in [0.4, 0.5) is 0 Å². The highest BCUT2D eigenvalue weighted by molar-refractivity contribution is 5.78. The van der Waals surface area contributed by atoms with Gasteiger partial charge in [-0.1, -0.05) is 12.8 Å².